The van der Waals surface area contributed by atoms with Gasteiger partial charge in [-0.2, -0.15) is 0 Å². The topological polar surface area (TPSA) is 15.3 Å². The van der Waals surface area contributed by atoms with E-state index in [0.29, 0.717) is 6.04 Å². The minimum Gasteiger partial charge on any atom is -0.360 e. The lowest BCUT2D eigenvalue weighted by atomic mass is 10.2. The summed E-state index contributed by atoms with van der Waals surface area (Å²) in [5.74, 6) is 0. The maximum atomic E-state index is 5.71. The van der Waals surface area contributed by atoms with Crippen LogP contribution in [0.5, 0.6) is 0 Å². The van der Waals surface area contributed by atoms with Gasteiger partial charge in [0.05, 0.1) is 6.54 Å². The van der Waals surface area contributed by atoms with Gasteiger partial charge in [-0.25, -0.2) is 0 Å². The Hall–Kier alpha value is -1.87. The number of thiocarbonyl (C=S) groups is 1. The van der Waals surface area contributed by atoms with Gasteiger partial charge in [-0.3, -0.25) is 0 Å². The minimum absolute atomic E-state index is 0.537. The Morgan fingerprint density at radius 3 is 2.18 bits per heavy atom. The molecule has 2 nitrogen and oxygen atoms in total. The van der Waals surface area contributed by atoms with Crippen LogP contribution in [0.25, 0.3) is 0 Å². The molecule has 1 fully saturated rings. The third-order valence-electron chi connectivity index (χ3n) is 4.18. The highest BCUT2D eigenvalue weighted by Gasteiger charge is 2.19. The predicted octanol–water partition coefficient (Wildman–Crippen LogP) is 4.51. The van der Waals surface area contributed by atoms with Crippen LogP contribution in [0.3, 0.4) is 0 Å². The fourth-order valence-electron chi connectivity index (χ4n) is 2.98. The summed E-state index contributed by atoms with van der Waals surface area (Å²) in [7, 11) is 0. The van der Waals surface area contributed by atoms with Gasteiger partial charge in [0.1, 0.15) is 0 Å². The van der Waals surface area contributed by atoms with Crippen LogP contribution in [0.2, 0.25) is 0 Å². The molecule has 0 amide bonds. The van der Waals surface area contributed by atoms with Crippen molar-refractivity contribution in [1.82, 2.24) is 5.32 Å². The fraction of sp³-hybridized carbons (Fsp3) is 0.316. The average molecular weight is 310 g/mol. The molecular weight excluding hydrogens is 288 g/mol. The highest BCUT2D eigenvalue weighted by molar-refractivity contribution is 7.80. The number of nitrogens with zero attached hydrogens (tertiary/aromatic N) is 1. The predicted molar refractivity (Wildman–Crippen MR) is 97.1 cm³/mol. The lowest BCUT2D eigenvalue weighted by Gasteiger charge is -2.28. The van der Waals surface area contributed by atoms with Gasteiger partial charge in [-0.1, -0.05) is 61.4 Å². The molecule has 0 atom stereocenters. The van der Waals surface area contributed by atoms with Gasteiger partial charge < -0.3 is 10.2 Å². The average Bonchev–Trinajstić information content (AvgIpc) is 3.07. The number of hydrogen-bond donors (Lipinski definition) is 1. The second kappa shape index (κ2) is 7.41. The standard InChI is InChI=1S/C19H22N2S/c22-19(20-17-11-7-8-12-17)21(18-13-5-2-6-14-18)15-16-9-3-1-4-10-16/h1-6,9-10,13-14,17H,7-8,11-12,15H2,(H,20,22). The molecule has 0 unspecified atom stereocenters. The largest absolute Gasteiger partial charge is 0.360 e. The van der Waals surface area contributed by atoms with E-state index in [2.05, 4.69) is 58.7 Å². The Bertz CT molecular complexity index is 591. The molecule has 1 aliphatic carbocycles. The molecule has 0 spiro atoms. The SMILES string of the molecule is S=C(NC1CCCC1)N(Cc1ccccc1)c1ccccc1. The summed E-state index contributed by atoms with van der Waals surface area (Å²) in [4.78, 5) is 2.20. The van der Waals surface area contributed by atoms with Crippen LogP contribution < -0.4 is 10.2 Å². The van der Waals surface area contributed by atoms with E-state index in [4.69, 9.17) is 12.2 Å². The normalized spacial score (nSPS) is 14.7. The summed E-state index contributed by atoms with van der Waals surface area (Å²) in [6, 6.07) is 21.4. The van der Waals surface area contributed by atoms with Crippen molar-refractivity contribution >= 4 is 23.0 Å². The van der Waals surface area contributed by atoms with Crippen molar-refractivity contribution < 1.29 is 0 Å². The van der Waals surface area contributed by atoms with E-state index < -0.39 is 0 Å². The first-order valence-electron chi connectivity index (χ1n) is 8.00. The van der Waals surface area contributed by atoms with Crippen LogP contribution in [0.4, 0.5) is 5.69 Å². The molecule has 0 saturated heterocycles. The molecule has 2 aromatic rings. The third kappa shape index (κ3) is 3.86. The molecular formula is C19H22N2S. The molecule has 114 valence electrons. The highest BCUT2D eigenvalue weighted by Crippen LogP contribution is 2.21. The summed E-state index contributed by atoms with van der Waals surface area (Å²) in [5.41, 5.74) is 2.41. The summed E-state index contributed by atoms with van der Waals surface area (Å²) in [6.45, 7) is 0.795. The fourth-order valence-corrected chi connectivity index (χ4v) is 3.31. The van der Waals surface area contributed by atoms with Crippen LogP contribution in [-0.2, 0) is 6.54 Å². The maximum absolute atomic E-state index is 5.71. The molecule has 1 N–H and O–H groups in total. The Kier molecular flexibility index (Phi) is 5.07. The zero-order valence-corrected chi connectivity index (χ0v) is 13.6. The quantitative estimate of drug-likeness (QED) is 0.836. The van der Waals surface area contributed by atoms with Gasteiger partial charge in [0, 0.05) is 11.7 Å². The van der Waals surface area contributed by atoms with Crippen molar-refractivity contribution in [3.63, 3.8) is 0 Å². The monoisotopic (exact) mass is 310 g/mol. The van der Waals surface area contributed by atoms with E-state index in [1.807, 2.05) is 12.1 Å². The Balaban J connectivity index is 1.77. The van der Waals surface area contributed by atoms with Gasteiger partial charge in [0.25, 0.3) is 0 Å². The van der Waals surface area contributed by atoms with Crippen LogP contribution in [0.1, 0.15) is 31.2 Å². The number of para-hydroxylation sites is 1. The van der Waals surface area contributed by atoms with Gasteiger partial charge >= 0.3 is 0 Å². The van der Waals surface area contributed by atoms with Crippen LogP contribution in [0.15, 0.2) is 60.7 Å². The molecule has 0 aromatic heterocycles. The third-order valence-corrected chi connectivity index (χ3v) is 4.52. The molecule has 3 heteroatoms. The number of anilines is 1. The molecule has 1 saturated carbocycles. The number of benzene rings is 2. The van der Waals surface area contributed by atoms with E-state index in [1.165, 1.54) is 31.2 Å². The smallest absolute Gasteiger partial charge is 0.173 e. The molecule has 22 heavy (non-hydrogen) atoms. The number of nitrogens with one attached hydrogen (secondary N) is 1. The van der Waals surface area contributed by atoms with Crippen molar-refractivity contribution in [3.8, 4) is 0 Å². The molecule has 0 bridgehead atoms. The first-order valence-corrected chi connectivity index (χ1v) is 8.41. The first kappa shape index (κ1) is 15.0. The Labute approximate surface area is 138 Å². The van der Waals surface area contributed by atoms with Gasteiger partial charge in [0.2, 0.25) is 0 Å². The zero-order valence-electron chi connectivity index (χ0n) is 12.7. The van der Waals surface area contributed by atoms with Gasteiger partial charge in [0.15, 0.2) is 5.11 Å². The minimum atomic E-state index is 0.537. The highest BCUT2D eigenvalue weighted by atomic mass is 32.1. The lowest BCUT2D eigenvalue weighted by molar-refractivity contribution is 0.628. The molecule has 0 aliphatic heterocycles. The van der Waals surface area contributed by atoms with Crippen LogP contribution in [-0.4, -0.2) is 11.2 Å². The first-order chi connectivity index (χ1) is 10.8. The summed E-state index contributed by atoms with van der Waals surface area (Å²) < 4.78 is 0. The summed E-state index contributed by atoms with van der Waals surface area (Å²) in [6.07, 6.45) is 5.08. The second-order valence-corrected chi connectivity index (χ2v) is 6.22. The molecule has 3 rings (SSSR count). The van der Waals surface area contributed by atoms with E-state index in [9.17, 15) is 0 Å². The van der Waals surface area contributed by atoms with Gasteiger partial charge in [-0.05, 0) is 42.8 Å². The van der Waals surface area contributed by atoms with Crippen molar-refractivity contribution in [2.45, 2.75) is 38.3 Å². The molecule has 0 radical (unpaired) electrons. The van der Waals surface area contributed by atoms with E-state index >= 15 is 0 Å². The summed E-state index contributed by atoms with van der Waals surface area (Å²) >= 11 is 5.71. The molecule has 0 heterocycles. The molecule has 1 aliphatic rings. The van der Waals surface area contributed by atoms with Crippen LogP contribution in [0, 0.1) is 0 Å². The zero-order chi connectivity index (χ0) is 15.2. The van der Waals surface area contributed by atoms with Crippen molar-refractivity contribution in [3.05, 3.63) is 66.2 Å². The Morgan fingerprint density at radius 2 is 1.55 bits per heavy atom. The second-order valence-electron chi connectivity index (χ2n) is 5.84. The molecule has 2 aromatic carbocycles. The van der Waals surface area contributed by atoms with E-state index in [-0.39, 0.29) is 0 Å². The van der Waals surface area contributed by atoms with Crippen LogP contribution >= 0.6 is 12.2 Å². The van der Waals surface area contributed by atoms with Crippen molar-refractivity contribution in [1.29, 1.82) is 0 Å². The van der Waals surface area contributed by atoms with E-state index in [1.54, 1.807) is 0 Å². The maximum Gasteiger partial charge on any atom is 0.173 e. The number of hydrogen-bond acceptors (Lipinski definition) is 1. The van der Waals surface area contributed by atoms with Gasteiger partial charge in [-0.15, -0.1) is 0 Å². The number of rotatable bonds is 4. The lowest BCUT2D eigenvalue weighted by Crippen LogP contribution is -2.43. The van der Waals surface area contributed by atoms with E-state index in [0.717, 1.165) is 17.3 Å². The summed E-state index contributed by atoms with van der Waals surface area (Å²) in [5, 5.41) is 4.39. The van der Waals surface area contributed by atoms with Crippen molar-refractivity contribution in [2.24, 2.45) is 0 Å². The Morgan fingerprint density at radius 1 is 0.955 bits per heavy atom. The van der Waals surface area contributed by atoms with Crippen molar-refractivity contribution in [2.75, 3.05) is 4.90 Å².